The van der Waals surface area contributed by atoms with Crippen molar-refractivity contribution in [2.75, 3.05) is 33.3 Å². The van der Waals surface area contributed by atoms with Crippen LogP contribution in [0, 0.1) is 34.8 Å². The molecule has 3 heterocycles. The van der Waals surface area contributed by atoms with Crippen molar-refractivity contribution in [3.05, 3.63) is 46.7 Å². The number of piperidine rings is 1. The number of ether oxygens (including phenoxy) is 2. The number of hydrogen-bond donors (Lipinski definition) is 1. The van der Waals surface area contributed by atoms with E-state index in [0.717, 1.165) is 37.8 Å². The van der Waals surface area contributed by atoms with E-state index >= 15 is 0 Å². The molecule has 214 valence electrons. The Morgan fingerprint density at radius 1 is 1.20 bits per heavy atom. The summed E-state index contributed by atoms with van der Waals surface area (Å²) in [5, 5.41) is 15.5. The Balaban J connectivity index is 1.06. The molecule has 1 spiro atoms. The van der Waals surface area contributed by atoms with Crippen LogP contribution in [-0.4, -0.2) is 65.8 Å². The Kier molecular flexibility index (Phi) is 8.21. The summed E-state index contributed by atoms with van der Waals surface area (Å²) in [6.45, 7) is 2.53. The molecule has 2 saturated heterocycles. The predicted molar refractivity (Wildman–Crippen MR) is 137 cm³/mol. The highest BCUT2D eigenvalue weighted by Crippen LogP contribution is 2.36. The number of hydrogen-bond acceptors (Lipinski definition) is 8. The van der Waals surface area contributed by atoms with Gasteiger partial charge in [0.25, 0.3) is 5.88 Å². The Morgan fingerprint density at radius 2 is 1.90 bits per heavy atom. The van der Waals surface area contributed by atoms with E-state index < -0.39 is 17.2 Å². The number of nitrogens with one attached hydrogen (secondary N) is 1. The standard InChI is InChI=1S/C28H33F2N5O5/c1-38-25-12-21(40-33-25)14-32-26(36)20-4-2-18(3-5-20)15-35-17-28(39-27(35)37)6-8-34(9-7-28)16-22-23(29)10-19(13-31)11-24(22)30/h10-12,18,20H,2-9,14-17H2,1H3,(H,32,36). The summed E-state index contributed by atoms with van der Waals surface area (Å²) < 4.78 is 44.6. The van der Waals surface area contributed by atoms with E-state index in [1.54, 1.807) is 17.0 Å². The zero-order chi connectivity index (χ0) is 28.3. The second-order valence-electron chi connectivity index (χ2n) is 11.0. The lowest BCUT2D eigenvalue weighted by Gasteiger charge is -2.37. The number of amides is 2. The quantitative estimate of drug-likeness (QED) is 0.521. The molecule has 0 bridgehead atoms. The number of aromatic nitrogens is 1. The molecule has 12 heteroatoms. The molecule has 1 saturated carbocycles. The maximum absolute atomic E-state index is 14.3. The van der Waals surface area contributed by atoms with E-state index in [0.29, 0.717) is 56.6 Å². The van der Waals surface area contributed by atoms with Crippen LogP contribution in [-0.2, 0) is 22.6 Å². The van der Waals surface area contributed by atoms with E-state index in [-0.39, 0.29) is 42.1 Å². The number of rotatable bonds is 8. The minimum atomic E-state index is -0.724. The summed E-state index contributed by atoms with van der Waals surface area (Å²) in [6.07, 6.45) is 4.04. The van der Waals surface area contributed by atoms with Crippen LogP contribution >= 0.6 is 0 Å². The third-order valence-corrected chi connectivity index (χ3v) is 8.34. The first-order chi connectivity index (χ1) is 19.3. The molecule has 2 amide bonds. The van der Waals surface area contributed by atoms with Crippen molar-refractivity contribution < 1.29 is 32.4 Å². The highest BCUT2D eigenvalue weighted by Gasteiger charge is 2.47. The fraction of sp³-hybridized carbons (Fsp3) is 0.571. The van der Waals surface area contributed by atoms with Crippen molar-refractivity contribution in [1.29, 1.82) is 5.26 Å². The van der Waals surface area contributed by atoms with E-state index in [1.165, 1.54) is 7.11 Å². The first-order valence-electron chi connectivity index (χ1n) is 13.6. The van der Waals surface area contributed by atoms with Crippen LogP contribution in [0.25, 0.3) is 0 Å². The van der Waals surface area contributed by atoms with Gasteiger partial charge in [-0.25, -0.2) is 13.6 Å². The molecule has 0 atom stereocenters. The maximum atomic E-state index is 14.3. The number of carbonyl (C=O) groups excluding carboxylic acids is 2. The smallest absolute Gasteiger partial charge is 0.410 e. The van der Waals surface area contributed by atoms with Gasteiger partial charge in [0, 0.05) is 56.6 Å². The van der Waals surface area contributed by atoms with Gasteiger partial charge in [0.05, 0.1) is 31.8 Å². The third-order valence-electron chi connectivity index (χ3n) is 8.34. The summed E-state index contributed by atoms with van der Waals surface area (Å²) >= 11 is 0. The second kappa shape index (κ2) is 11.8. The van der Waals surface area contributed by atoms with Crippen LogP contribution in [0.15, 0.2) is 22.7 Å². The van der Waals surface area contributed by atoms with Crippen molar-refractivity contribution >= 4 is 12.0 Å². The lowest BCUT2D eigenvalue weighted by Crippen LogP contribution is -2.47. The number of nitrogens with zero attached hydrogens (tertiary/aromatic N) is 4. The molecule has 0 radical (unpaired) electrons. The van der Waals surface area contributed by atoms with E-state index in [2.05, 4.69) is 10.5 Å². The van der Waals surface area contributed by atoms with Gasteiger partial charge in [-0.3, -0.25) is 9.69 Å². The largest absolute Gasteiger partial charge is 0.479 e. The molecule has 3 aliphatic rings. The van der Waals surface area contributed by atoms with Gasteiger partial charge < -0.3 is 24.2 Å². The molecule has 2 aromatic rings. The summed E-state index contributed by atoms with van der Waals surface area (Å²) in [5.74, 6) is -0.344. The van der Waals surface area contributed by atoms with Crippen LogP contribution < -0.4 is 10.1 Å². The van der Waals surface area contributed by atoms with E-state index in [4.69, 9.17) is 19.3 Å². The van der Waals surface area contributed by atoms with Crippen molar-refractivity contribution in [1.82, 2.24) is 20.3 Å². The van der Waals surface area contributed by atoms with Crippen LogP contribution in [0.3, 0.4) is 0 Å². The molecular weight excluding hydrogens is 524 g/mol. The molecule has 40 heavy (non-hydrogen) atoms. The Morgan fingerprint density at radius 3 is 2.52 bits per heavy atom. The molecule has 1 aromatic heterocycles. The molecule has 1 N–H and O–H groups in total. The van der Waals surface area contributed by atoms with Gasteiger partial charge in [0.2, 0.25) is 5.91 Å². The average molecular weight is 558 g/mol. The zero-order valence-corrected chi connectivity index (χ0v) is 22.5. The number of carbonyl (C=O) groups is 2. The fourth-order valence-electron chi connectivity index (χ4n) is 5.97. The molecule has 0 unspecified atom stereocenters. The number of nitriles is 1. The summed E-state index contributed by atoms with van der Waals surface area (Å²) in [5.41, 5.74) is -0.687. The van der Waals surface area contributed by atoms with Crippen molar-refractivity contribution in [2.24, 2.45) is 11.8 Å². The minimum absolute atomic E-state index is 0.0131. The molecule has 1 aliphatic carbocycles. The molecule has 10 nitrogen and oxygen atoms in total. The predicted octanol–water partition coefficient (Wildman–Crippen LogP) is 3.74. The second-order valence-corrected chi connectivity index (χ2v) is 11.0. The van der Waals surface area contributed by atoms with Crippen molar-refractivity contribution in [3.8, 4) is 11.9 Å². The number of likely N-dealkylation sites (tertiary alicyclic amines) is 1. The van der Waals surface area contributed by atoms with Crippen molar-refractivity contribution in [3.63, 3.8) is 0 Å². The zero-order valence-electron chi connectivity index (χ0n) is 22.5. The number of benzene rings is 1. The van der Waals surface area contributed by atoms with Gasteiger partial charge in [-0.2, -0.15) is 5.26 Å². The lowest BCUT2D eigenvalue weighted by atomic mass is 9.81. The molecule has 2 aliphatic heterocycles. The lowest BCUT2D eigenvalue weighted by molar-refractivity contribution is -0.126. The molecular formula is C28H33F2N5O5. The Hall–Kier alpha value is -3.72. The van der Waals surface area contributed by atoms with Crippen LogP contribution in [0.5, 0.6) is 5.88 Å². The highest BCUT2D eigenvalue weighted by molar-refractivity contribution is 5.78. The van der Waals surface area contributed by atoms with Gasteiger partial charge >= 0.3 is 6.09 Å². The van der Waals surface area contributed by atoms with Crippen molar-refractivity contribution in [2.45, 2.75) is 57.2 Å². The van der Waals surface area contributed by atoms with E-state index in [9.17, 15) is 18.4 Å². The van der Waals surface area contributed by atoms with Gasteiger partial charge in [-0.15, -0.1) is 0 Å². The highest BCUT2D eigenvalue weighted by atomic mass is 19.1. The maximum Gasteiger partial charge on any atom is 0.410 e. The minimum Gasteiger partial charge on any atom is -0.479 e. The first kappa shape index (κ1) is 27.8. The van der Waals surface area contributed by atoms with Gasteiger partial charge in [-0.05, 0) is 48.9 Å². The topological polar surface area (TPSA) is 121 Å². The fourth-order valence-corrected chi connectivity index (χ4v) is 5.97. The van der Waals surface area contributed by atoms with Crippen LogP contribution in [0.4, 0.5) is 13.6 Å². The Bertz CT molecular complexity index is 1260. The average Bonchev–Trinajstić information content (AvgIpc) is 3.54. The summed E-state index contributed by atoms with van der Waals surface area (Å²) in [7, 11) is 1.50. The molecule has 1 aromatic carbocycles. The number of methoxy groups -OCH3 is 1. The summed E-state index contributed by atoms with van der Waals surface area (Å²) in [4.78, 5) is 29.1. The number of halogens is 2. The third kappa shape index (κ3) is 6.20. The Labute approximate surface area is 231 Å². The SMILES string of the molecule is COc1cc(CNC(=O)C2CCC(CN3CC4(CCN(Cc5c(F)cc(C#N)cc5F)CC4)OC3=O)CC2)on1. The van der Waals surface area contributed by atoms with E-state index in [1.807, 2.05) is 4.90 Å². The first-order valence-corrected chi connectivity index (χ1v) is 13.6. The van der Waals surface area contributed by atoms with Gasteiger partial charge in [-0.1, -0.05) is 0 Å². The van der Waals surface area contributed by atoms with Crippen LogP contribution in [0.1, 0.15) is 55.4 Å². The normalized spacial score (nSPS) is 22.6. The van der Waals surface area contributed by atoms with Gasteiger partial charge in [0.15, 0.2) is 5.76 Å². The van der Waals surface area contributed by atoms with Gasteiger partial charge in [0.1, 0.15) is 17.2 Å². The monoisotopic (exact) mass is 557 g/mol. The molecule has 3 fully saturated rings. The molecule has 5 rings (SSSR count). The van der Waals surface area contributed by atoms with Crippen LogP contribution in [0.2, 0.25) is 0 Å². The summed E-state index contributed by atoms with van der Waals surface area (Å²) in [6, 6.07) is 5.50.